The average molecular weight is 292 g/mol. The SMILES string of the molecule is CCOC(=O)C(C)NC(=O)c1cc(C#CCN)ccc1F. The zero-order valence-electron chi connectivity index (χ0n) is 11.9. The monoisotopic (exact) mass is 292 g/mol. The van der Waals surface area contributed by atoms with Crippen LogP contribution in [0.2, 0.25) is 0 Å². The van der Waals surface area contributed by atoms with Crippen molar-refractivity contribution in [1.82, 2.24) is 5.32 Å². The minimum Gasteiger partial charge on any atom is -0.464 e. The molecule has 1 atom stereocenters. The van der Waals surface area contributed by atoms with Crippen LogP contribution in [-0.4, -0.2) is 31.1 Å². The number of ether oxygens (including phenoxy) is 1. The first-order valence-corrected chi connectivity index (χ1v) is 6.45. The molecule has 0 saturated heterocycles. The minimum absolute atomic E-state index is 0.165. The van der Waals surface area contributed by atoms with Crippen molar-refractivity contribution in [3.8, 4) is 11.8 Å². The van der Waals surface area contributed by atoms with E-state index < -0.39 is 23.7 Å². The van der Waals surface area contributed by atoms with Crippen LogP contribution < -0.4 is 11.1 Å². The Bertz CT molecular complexity index is 590. The van der Waals surface area contributed by atoms with E-state index >= 15 is 0 Å². The molecule has 0 saturated carbocycles. The molecule has 21 heavy (non-hydrogen) atoms. The van der Waals surface area contributed by atoms with Gasteiger partial charge in [0, 0.05) is 5.56 Å². The highest BCUT2D eigenvalue weighted by Gasteiger charge is 2.19. The Morgan fingerprint density at radius 1 is 1.48 bits per heavy atom. The molecular formula is C15H17FN2O3. The summed E-state index contributed by atoms with van der Waals surface area (Å²) >= 11 is 0. The Morgan fingerprint density at radius 2 is 2.19 bits per heavy atom. The summed E-state index contributed by atoms with van der Waals surface area (Å²) in [6, 6.07) is 3.04. The van der Waals surface area contributed by atoms with Gasteiger partial charge in [-0.05, 0) is 32.0 Å². The summed E-state index contributed by atoms with van der Waals surface area (Å²) in [7, 11) is 0. The molecule has 1 unspecified atom stereocenters. The van der Waals surface area contributed by atoms with Gasteiger partial charge in [0.05, 0.1) is 18.7 Å². The number of carbonyl (C=O) groups is 2. The van der Waals surface area contributed by atoms with E-state index in [1.54, 1.807) is 6.92 Å². The quantitative estimate of drug-likeness (QED) is 0.636. The number of hydrogen-bond acceptors (Lipinski definition) is 4. The van der Waals surface area contributed by atoms with Crippen LogP contribution in [-0.2, 0) is 9.53 Å². The molecule has 1 rings (SSSR count). The van der Waals surface area contributed by atoms with Gasteiger partial charge < -0.3 is 15.8 Å². The molecule has 0 fully saturated rings. The lowest BCUT2D eigenvalue weighted by Crippen LogP contribution is -2.39. The Balaban J connectivity index is 2.89. The average Bonchev–Trinajstić information content (AvgIpc) is 2.46. The van der Waals surface area contributed by atoms with E-state index in [0.29, 0.717) is 5.56 Å². The molecule has 3 N–H and O–H groups in total. The molecule has 0 aliphatic rings. The Kier molecular flexibility index (Phi) is 6.37. The highest BCUT2D eigenvalue weighted by molar-refractivity contribution is 5.97. The molecule has 0 heterocycles. The Morgan fingerprint density at radius 3 is 2.81 bits per heavy atom. The molecule has 1 aromatic rings. The van der Waals surface area contributed by atoms with E-state index in [2.05, 4.69) is 17.2 Å². The Hall–Kier alpha value is -2.39. The van der Waals surface area contributed by atoms with E-state index in [1.165, 1.54) is 19.1 Å². The first-order chi connectivity index (χ1) is 9.99. The molecule has 112 valence electrons. The number of hydrogen-bond donors (Lipinski definition) is 2. The second kappa shape index (κ2) is 8.02. The first kappa shape index (κ1) is 16.7. The fraction of sp³-hybridized carbons (Fsp3) is 0.333. The Labute approximate surface area is 122 Å². The highest BCUT2D eigenvalue weighted by Crippen LogP contribution is 2.10. The van der Waals surface area contributed by atoms with Crippen LogP contribution in [0.15, 0.2) is 18.2 Å². The van der Waals surface area contributed by atoms with E-state index in [0.717, 1.165) is 6.07 Å². The molecule has 0 radical (unpaired) electrons. The minimum atomic E-state index is -0.865. The third-order valence-corrected chi connectivity index (χ3v) is 2.53. The van der Waals surface area contributed by atoms with Crippen molar-refractivity contribution in [2.75, 3.05) is 13.2 Å². The maximum atomic E-state index is 13.7. The lowest BCUT2D eigenvalue weighted by Gasteiger charge is -2.13. The fourth-order valence-corrected chi connectivity index (χ4v) is 1.53. The van der Waals surface area contributed by atoms with Gasteiger partial charge in [-0.2, -0.15) is 0 Å². The molecule has 0 aliphatic carbocycles. The molecule has 6 heteroatoms. The standard InChI is InChI=1S/C15H17FN2O3/c1-3-21-15(20)10(2)18-14(19)12-9-11(5-4-8-17)6-7-13(12)16/h6-7,9-10H,3,8,17H2,1-2H3,(H,18,19). The van der Waals surface area contributed by atoms with Gasteiger partial charge in [0.2, 0.25) is 0 Å². The zero-order chi connectivity index (χ0) is 15.8. The number of carbonyl (C=O) groups excluding carboxylic acids is 2. The van der Waals surface area contributed by atoms with Crippen molar-refractivity contribution < 1.29 is 18.7 Å². The first-order valence-electron chi connectivity index (χ1n) is 6.45. The third kappa shape index (κ3) is 4.89. The molecule has 0 spiro atoms. The van der Waals surface area contributed by atoms with Crippen LogP contribution >= 0.6 is 0 Å². The van der Waals surface area contributed by atoms with E-state index in [1.807, 2.05) is 0 Å². The summed E-state index contributed by atoms with van der Waals surface area (Å²) in [4.78, 5) is 23.4. The van der Waals surface area contributed by atoms with E-state index in [9.17, 15) is 14.0 Å². The molecular weight excluding hydrogens is 275 g/mol. The second-order valence-electron chi connectivity index (χ2n) is 4.15. The summed E-state index contributed by atoms with van der Waals surface area (Å²) in [5.41, 5.74) is 5.54. The summed E-state index contributed by atoms with van der Waals surface area (Å²) in [6.45, 7) is 3.49. The molecule has 1 amide bonds. The van der Waals surface area contributed by atoms with Crippen molar-refractivity contribution in [2.24, 2.45) is 5.73 Å². The van der Waals surface area contributed by atoms with Crippen LogP contribution in [0.25, 0.3) is 0 Å². The lowest BCUT2D eigenvalue weighted by molar-refractivity contribution is -0.144. The lowest BCUT2D eigenvalue weighted by atomic mass is 10.1. The molecule has 0 bridgehead atoms. The number of amides is 1. The number of benzene rings is 1. The van der Waals surface area contributed by atoms with Gasteiger partial charge in [-0.25, -0.2) is 9.18 Å². The molecule has 0 aromatic heterocycles. The second-order valence-corrected chi connectivity index (χ2v) is 4.15. The summed E-state index contributed by atoms with van der Waals surface area (Å²) in [5.74, 6) is 3.35. The molecule has 1 aromatic carbocycles. The van der Waals surface area contributed by atoms with Crippen molar-refractivity contribution in [2.45, 2.75) is 19.9 Å². The van der Waals surface area contributed by atoms with Gasteiger partial charge in [0.15, 0.2) is 0 Å². The van der Waals surface area contributed by atoms with Gasteiger partial charge in [0.1, 0.15) is 11.9 Å². The van der Waals surface area contributed by atoms with Crippen molar-refractivity contribution in [3.63, 3.8) is 0 Å². The number of halogens is 1. The number of nitrogens with two attached hydrogens (primary N) is 1. The normalized spacial score (nSPS) is 11.0. The van der Waals surface area contributed by atoms with Crippen molar-refractivity contribution >= 4 is 11.9 Å². The number of esters is 1. The van der Waals surface area contributed by atoms with Gasteiger partial charge in [-0.15, -0.1) is 0 Å². The van der Waals surface area contributed by atoms with Crippen LogP contribution in [0, 0.1) is 17.7 Å². The predicted molar refractivity (Wildman–Crippen MR) is 75.9 cm³/mol. The van der Waals surface area contributed by atoms with Crippen molar-refractivity contribution in [3.05, 3.63) is 35.1 Å². The summed E-state index contributed by atoms with van der Waals surface area (Å²) in [6.07, 6.45) is 0. The maximum Gasteiger partial charge on any atom is 0.328 e. The highest BCUT2D eigenvalue weighted by atomic mass is 19.1. The van der Waals surface area contributed by atoms with E-state index in [-0.39, 0.29) is 18.7 Å². The van der Waals surface area contributed by atoms with Gasteiger partial charge >= 0.3 is 5.97 Å². The number of rotatable bonds is 4. The van der Waals surface area contributed by atoms with Gasteiger partial charge in [0.25, 0.3) is 5.91 Å². The maximum absolute atomic E-state index is 13.7. The van der Waals surface area contributed by atoms with Gasteiger partial charge in [-0.1, -0.05) is 11.8 Å². The summed E-state index contributed by atoms with van der Waals surface area (Å²) < 4.78 is 18.5. The number of nitrogens with one attached hydrogen (secondary N) is 1. The largest absolute Gasteiger partial charge is 0.464 e. The van der Waals surface area contributed by atoms with Crippen LogP contribution in [0.1, 0.15) is 29.8 Å². The van der Waals surface area contributed by atoms with Crippen LogP contribution in [0.5, 0.6) is 0 Å². The fourth-order valence-electron chi connectivity index (χ4n) is 1.53. The van der Waals surface area contributed by atoms with E-state index in [4.69, 9.17) is 10.5 Å². The smallest absolute Gasteiger partial charge is 0.328 e. The van der Waals surface area contributed by atoms with Crippen LogP contribution in [0.3, 0.4) is 0 Å². The predicted octanol–water partition coefficient (Wildman–Crippen LogP) is 0.817. The van der Waals surface area contributed by atoms with Crippen molar-refractivity contribution in [1.29, 1.82) is 0 Å². The topological polar surface area (TPSA) is 81.4 Å². The zero-order valence-corrected chi connectivity index (χ0v) is 11.9. The summed E-state index contributed by atoms with van der Waals surface area (Å²) in [5, 5.41) is 2.38. The molecule has 0 aliphatic heterocycles. The van der Waals surface area contributed by atoms with Crippen LogP contribution in [0.4, 0.5) is 4.39 Å². The van der Waals surface area contributed by atoms with Gasteiger partial charge in [-0.3, -0.25) is 4.79 Å². The molecule has 5 nitrogen and oxygen atoms in total. The third-order valence-electron chi connectivity index (χ3n) is 2.53.